The zero-order valence-corrected chi connectivity index (χ0v) is 16.8. The van der Waals surface area contributed by atoms with Crippen molar-refractivity contribution in [2.75, 3.05) is 11.4 Å². The second-order valence-corrected chi connectivity index (χ2v) is 6.80. The number of hydrogen-bond acceptors (Lipinski definition) is 5. The molecule has 0 atom stereocenters. The number of aromatic nitrogens is 2. The monoisotopic (exact) mass is 406 g/mol. The molecule has 30 heavy (non-hydrogen) atoms. The summed E-state index contributed by atoms with van der Waals surface area (Å²) in [5, 5.41) is 15.7. The number of rotatable bonds is 7. The van der Waals surface area contributed by atoms with Crippen LogP contribution in [0.5, 0.6) is 0 Å². The highest BCUT2D eigenvalue weighted by Crippen LogP contribution is 2.23. The molecule has 8 nitrogen and oxygen atoms in total. The van der Waals surface area contributed by atoms with Gasteiger partial charge in [-0.05, 0) is 31.5 Å². The van der Waals surface area contributed by atoms with Crippen LogP contribution in [0.25, 0.3) is 5.69 Å². The van der Waals surface area contributed by atoms with E-state index in [4.69, 9.17) is 0 Å². The van der Waals surface area contributed by atoms with E-state index >= 15 is 0 Å². The molecule has 0 aliphatic carbocycles. The standard InChI is InChI=1S/C22H22N4O4/c1-3-4-14-24(17-10-6-5-7-11-17)22(28)21-20(27)15-16(2)25(23-21)18-12-8-9-13-19(18)26(29)30/h5-13,15H,3-4,14H2,1-2H3. The van der Waals surface area contributed by atoms with Gasteiger partial charge in [-0.1, -0.05) is 43.7 Å². The van der Waals surface area contributed by atoms with Crippen LogP contribution in [0.15, 0.2) is 65.5 Å². The van der Waals surface area contributed by atoms with E-state index in [0.29, 0.717) is 17.9 Å². The molecule has 1 heterocycles. The maximum absolute atomic E-state index is 13.3. The molecule has 0 fully saturated rings. The molecule has 1 amide bonds. The van der Waals surface area contributed by atoms with Crippen LogP contribution in [0.4, 0.5) is 11.4 Å². The van der Waals surface area contributed by atoms with Gasteiger partial charge in [0.05, 0.1) is 4.92 Å². The maximum Gasteiger partial charge on any atom is 0.294 e. The quantitative estimate of drug-likeness (QED) is 0.438. The van der Waals surface area contributed by atoms with E-state index in [1.54, 1.807) is 31.2 Å². The van der Waals surface area contributed by atoms with Crippen molar-refractivity contribution in [3.63, 3.8) is 0 Å². The van der Waals surface area contributed by atoms with Crippen LogP contribution < -0.4 is 10.3 Å². The molecule has 1 aromatic heterocycles. The Morgan fingerprint density at radius 2 is 1.80 bits per heavy atom. The van der Waals surface area contributed by atoms with Gasteiger partial charge >= 0.3 is 0 Å². The summed E-state index contributed by atoms with van der Waals surface area (Å²) in [4.78, 5) is 38.4. The highest BCUT2D eigenvalue weighted by molar-refractivity contribution is 6.04. The molecule has 0 saturated carbocycles. The normalized spacial score (nSPS) is 10.6. The Kier molecular flexibility index (Phi) is 6.36. The lowest BCUT2D eigenvalue weighted by Crippen LogP contribution is -2.37. The van der Waals surface area contributed by atoms with Gasteiger partial charge in [0.25, 0.3) is 11.6 Å². The molecule has 0 bridgehead atoms. The molecule has 154 valence electrons. The molecule has 3 rings (SSSR count). The van der Waals surface area contributed by atoms with Crippen LogP contribution >= 0.6 is 0 Å². The predicted molar refractivity (Wildman–Crippen MR) is 114 cm³/mol. The molecule has 0 unspecified atom stereocenters. The number of carbonyl (C=O) groups excluding carboxylic acids is 1. The number of amides is 1. The van der Waals surface area contributed by atoms with Gasteiger partial charge in [0.15, 0.2) is 5.69 Å². The van der Waals surface area contributed by atoms with E-state index in [1.165, 1.54) is 27.8 Å². The smallest absolute Gasteiger partial charge is 0.294 e. The van der Waals surface area contributed by atoms with E-state index in [9.17, 15) is 19.7 Å². The lowest BCUT2D eigenvalue weighted by atomic mass is 10.2. The van der Waals surface area contributed by atoms with Gasteiger partial charge < -0.3 is 4.90 Å². The number of benzene rings is 2. The van der Waals surface area contributed by atoms with E-state index in [2.05, 4.69) is 5.10 Å². The first-order chi connectivity index (χ1) is 14.4. The van der Waals surface area contributed by atoms with Gasteiger partial charge in [-0.2, -0.15) is 5.10 Å². The summed E-state index contributed by atoms with van der Waals surface area (Å²) in [7, 11) is 0. The summed E-state index contributed by atoms with van der Waals surface area (Å²) in [6.07, 6.45) is 1.63. The number of aryl methyl sites for hydroxylation is 1. The summed E-state index contributed by atoms with van der Waals surface area (Å²) in [6.45, 7) is 4.06. The molecule has 2 aromatic carbocycles. The van der Waals surface area contributed by atoms with Crippen molar-refractivity contribution >= 4 is 17.3 Å². The van der Waals surface area contributed by atoms with Gasteiger partial charge in [0.2, 0.25) is 5.43 Å². The summed E-state index contributed by atoms with van der Waals surface area (Å²) in [5.41, 5.74) is 0.277. The fourth-order valence-electron chi connectivity index (χ4n) is 3.14. The molecule has 0 radical (unpaired) electrons. The average Bonchev–Trinajstić information content (AvgIpc) is 2.74. The fourth-order valence-corrected chi connectivity index (χ4v) is 3.14. The van der Waals surface area contributed by atoms with E-state index in [0.717, 1.165) is 12.8 Å². The van der Waals surface area contributed by atoms with Gasteiger partial charge in [-0.25, -0.2) is 4.68 Å². The minimum absolute atomic E-state index is 0.166. The van der Waals surface area contributed by atoms with Gasteiger partial charge in [0.1, 0.15) is 5.69 Å². The lowest BCUT2D eigenvalue weighted by molar-refractivity contribution is -0.384. The summed E-state index contributed by atoms with van der Waals surface area (Å²) < 4.78 is 1.27. The molecule has 0 aliphatic rings. The second-order valence-electron chi connectivity index (χ2n) is 6.80. The van der Waals surface area contributed by atoms with Crippen LogP contribution in [0.2, 0.25) is 0 Å². The second kappa shape index (κ2) is 9.13. The lowest BCUT2D eigenvalue weighted by Gasteiger charge is -2.22. The first-order valence-corrected chi connectivity index (χ1v) is 9.65. The highest BCUT2D eigenvalue weighted by atomic mass is 16.6. The Labute approximate surface area is 173 Å². The van der Waals surface area contributed by atoms with Gasteiger partial charge in [0, 0.05) is 30.1 Å². The first-order valence-electron chi connectivity index (χ1n) is 9.65. The molecule has 3 aromatic rings. The fraction of sp³-hybridized carbons (Fsp3) is 0.227. The number of para-hydroxylation sites is 3. The largest absolute Gasteiger partial charge is 0.307 e. The Morgan fingerprint density at radius 3 is 2.47 bits per heavy atom. The van der Waals surface area contributed by atoms with E-state index < -0.39 is 16.3 Å². The van der Waals surface area contributed by atoms with Crippen LogP contribution in [-0.2, 0) is 0 Å². The third-order valence-corrected chi connectivity index (χ3v) is 4.66. The predicted octanol–water partition coefficient (Wildman–Crippen LogP) is 3.90. The topological polar surface area (TPSA) is 98.3 Å². The molecule has 8 heteroatoms. The molecular formula is C22H22N4O4. The molecule has 0 aliphatic heterocycles. The van der Waals surface area contributed by atoms with Crippen LogP contribution in [0.3, 0.4) is 0 Å². The minimum atomic E-state index is -0.535. The Morgan fingerprint density at radius 1 is 1.13 bits per heavy atom. The third-order valence-electron chi connectivity index (χ3n) is 4.66. The maximum atomic E-state index is 13.3. The van der Waals surface area contributed by atoms with Gasteiger partial charge in [-0.15, -0.1) is 0 Å². The molecular weight excluding hydrogens is 384 g/mol. The van der Waals surface area contributed by atoms with Crippen molar-refractivity contribution in [3.8, 4) is 5.69 Å². The average molecular weight is 406 g/mol. The van der Waals surface area contributed by atoms with Gasteiger partial charge in [-0.3, -0.25) is 19.7 Å². The summed E-state index contributed by atoms with van der Waals surface area (Å²) >= 11 is 0. The van der Waals surface area contributed by atoms with Crippen LogP contribution in [-0.4, -0.2) is 27.2 Å². The number of hydrogen-bond donors (Lipinski definition) is 0. The minimum Gasteiger partial charge on any atom is -0.307 e. The van der Waals surface area contributed by atoms with E-state index in [1.807, 2.05) is 25.1 Å². The Hall–Kier alpha value is -3.81. The van der Waals surface area contributed by atoms with Crippen molar-refractivity contribution in [1.82, 2.24) is 9.78 Å². The van der Waals surface area contributed by atoms with Crippen molar-refractivity contribution in [3.05, 3.63) is 92.4 Å². The number of nitro benzene ring substituents is 1. The first kappa shape index (κ1) is 20.9. The zero-order chi connectivity index (χ0) is 21.7. The Bertz CT molecular complexity index is 1130. The number of carbonyl (C=O) groups is 1. The van der Waals surface area contributed by atoms with Crippen LogP contribution in [0.1, 0.15) is 35.9 Å². The van der Waals surface area contributed by atoms with Crippen molar-refractivity contribution in [2.24, 2.45) is 0 Å². The van der Waals surface area contributed by atoms with Crippen molar-refractivity contribution < 1.29 is 9.72 Å². The number of anilines is 1. The summed E-state index contributed by atoms with van der Waals surface area (Å²) in [5.74, 6) is -0.535. The molecule has 0 saturated heterocycles. The number of unbranched alkanes of at least 4 members (excludes halogenated alkanes) is 1. The zero-order valence-electron chi connectivity index (χ0n) is 16.8. The number of nitro groups is 1. The Balaban J connectivity index is 2.12. The highest BCUT2D eigenvalue weighted by Gasteiger charge is 2.24. The summed E-state index contributed by atoms with van der Waals surface area (Å²) in [6, 6.07) is 16.4. The molecule has 0 spiro atoms. The van der Waals surface area contributed by atoms with Crippen molar-refractivity contribution in [1.29, 1.82) is 0 Å². The SMILES string of the molecule is CCCCN(C(=O)c1nn(-c2ccccc2[N+](=O)[O-])c(C)cc1=O)c1ccccc1. The molecule has 0 N–H and O–H groups in total. The third kappa shape index (κ3) is 4.27. The number of nitrogens with zero attached hydrogens (tertiary/aromatic N) is 4. The van der Waals surface area contributed by atoms with E-state index in [-0.39, 0.29) is 17.1 Å². The van der Waals surface area contributed by atoms with Crippen molar-refractivity contribution in [2.45, 2.75) is 26.7 Å². The van der Waals surface area contributed by atoms with Crippen LogP contribution in [0, 0.1) is 17.0 Å².